The number of nitrogens with zero attached hydrogens (tertiary/aromatic N) is 3. The third-order valence-corrected chi connectivity index (χ3v) is 4.30. The van der Waals surface area contributed by atoms with Crippen molar-refractivity contribution in [2.24, 2.45) is 0 Å². The second kappa shape index (κ2) is 9.58. The molecule has 0 unspecified atom stereocenters. The van der Waals surface area contributed by atoms with E-state index in [4.69, 9.17) is 4.74 Å². The van der Waals surface area contributed by atoms with Gasteiger partial charge >= 0.3 is 12.2 Å². The first-order valence-corrected chi connectivity index (χ1v) is 9.27. The van der Waals surface area contributed by atoms with Gasteiger partial charge in [0.15, 0.2) is 5.82 Å². The minimum atomic E-state index is -4.55. The van der Waals surface area contributed by atoms with Gasteiger partial charge in [-0.25, -0.2) is 4.98 Å². The minimum Gasteiger partial charge on any atom is -0.464 e. The first-order chi connectivity index (χ1) is 12.9. The minimum absolute atomic E-state index is 0.0622. The lowest BCUT2D eigenvalue weighted by molar-refractivity contribution is -0.137. The average molecular weight is 381 g/mol. The molecule has 0 aliphatic carbocycles. The zero-order valence-electron chi connectivity index (χ0n) is 16.0. The number of aryl methyl sites for hydroxylation is 1. The molecule has 0 bridgehead atoms. The summed E-state index contributed by atoms with van der Waals surface area (Å²) >= 11 is 0. The maximum atomic E-state index is 13.5. The number of benzene rings is 1. The SMILES string of the molecule is CCCCCCc1ccccc1N(C)c1nc(OCC)ncc1C(F)(F)F. The Hall–Kier alpha value is -2.31. The third kappa shape index (κ3) is 5.58. The van der Waals surface area contributed by atoms with E-state index in [9.17, 15) is 13.2 Å². The highest BCUT2D eigenvalue weighted by molar-refractivity contribution is 5.66. The first-order valence-electron chi connectivity index (χ1n) is 9.27. The molecule has 1 aromatic heterocycles. The molecule has 0 fully saturated rings. The van der Waals surface area contributed by atoms with E-state index in [1.54, 1.807) is 14.0 Å². The summed E-state index contributed by atoms with van der Waals surface area (Å²) < 4.78 is 45.7. The van der Waals surface area contributed by atoms with Gasteiger partial charge in [-0.15, -0.1) is 0 Å². The maximum Gasteiger partial charge on any atom is 0.421 e. The lowest BCUT2D eigenvalue weighted by Gasteiger charge is -2.24. The number of hydrogen-bond acceptors (Lipinski definition) is 4. The topological polar surface area (TPSA) is 38.2 Å². The van der Waals surface area contributed by atoms with Crippen LogP contribution in [0.25, 0.3) is 0 Å². The number of halogens is 3. The van der Waals surface area contributed by atoms with Crippen molar-refractivity contribution >= 4 is 11.5 Å². The normalized spacial score (nSPS) is 11.5. The highest BCUT2D eigenvalue weighted by atomic mass is 19.4. The van der Waals surface area contributed by atoms with Crippen LogP contribution in [0.2, 0.25) is 0 Å². The second-order valence-electron chi connectivity index (χ2n) is 6.32. The van der Waals surface area contributed by atoms with Crippen molar-refractivity contribution in [2.75, 3.05) is 18.6 Å². The van der Waals surface area contributed by atoms with Gasteiger partial charge in [0, 0.05) is 18.9 Å². The lowest BCUT2D eigenvalue weighted by Crippen LogP contribution is -2.20. The Kier molecular flexibility index (Phi) is 7.45. The van der Waals surface area contributed by atoms with Crippen molar-refractivity contribution in [3.05, 3.63) is 41.6 Å². The van der Waals surface area contributed by atoms with Gasteiger partial charge in [0.05, 0.1) is 6.61 Å². The van der Waals surface area contributed by atoms with Crippen LogP contribution in [0.5, 0.6) is 6.01 Å². The smallest absolute Gasteiger partial charge is 0.421 e. The number of aromatic nitrogens is 2. The zero-order chi connectivity index (χ0) is 19.9. The van der Waals surface area contributed by atoms with Crippen LogP contribution in [0.1, 0.15) is 50.7 Å². The van der Waals surface area contributed by atoms with E-state index >= 15 is 0 Å². The summed E-state index contributed by atoms with van der Waals surface area (Å²) in [5.74, 6) is -0.207. The summed E-state index contributed by atoms with van der Waals surface area (Å²) in [5.41, 5.74) is 0.829. The summed E-state index contributed by atoms with van der Waals surface area (Å²) in [5, 5.41) is 0. The summed E-state index contributed by atoms with van der Waals surface area (Å²) in [7, 11) is 1.60. The van der Waals surface area contributed by atoms with Gasteiger partial charge in [-0.3, -0.25) is 0 Å². The van der Waals surface area contributed by atoms with E-state index in [1.165, 1.54) is 4.90 Å². The van der Waals surface area contributed by atoms with Gasteiger partial charge in [0.1, 0.15) is 5.56 Å². The molecule has 7 heteroatoms. The molecule has 0 N–H and O–H groups in total. The van der Waals surface area contributed by atoms with E-state index in [0.29, 0.717) is 5.69 Å². The number of hydrogen-bond donors (Lipinski definition) is 0. The number of ether oxygens (including phenoxy) is 1. The van der Waals surface area contributed by atoms with Crippen molar-refractivity contribution in [1.29, 1.82) is 0 Å². The molecule has 0 saturated heterocycles. The molecule has 0 spiro atoms. The van der Waals surface area contributed by atoms with Crippen molar-refractivity contribution in [3.8, 4) is 6.01 Å². The van der Waals surface area contributed by atoms with Crippen LogP contribution in [0.3, 0.4) is 0 Å². The van der Waals surface area contributed by atoms with E-state index in [-0.39, 0.29) is 18.4 Å². The molecule has 4 nitrogen and oxygen atoms in total. The Morgan fingerprint density at radius 2 is 1.81 bits per heavy atom. The number of rotatable bonds is 9. The second-order valence-corrected chi connectivity index (χ2v) is 6.32. The van der Waals surface area contributed by atoms with Crippen LogP contribution in [-0.4, -0.2) is 23.6 Å². The predicted molar refractivity (Wildman–Crippen MR) is 101 cm³/mol. The quantitative estimate of drug-likeness (QED) is 0.516. The number of alkyl halides is 3. The van der Waals surface area contributed by atoms with E-state index in [1.807, 2.05) is 24.3 Å². The molecule has 0 amide bonds. The molecular formula is C20H26F3N3O. The molecule has 0 atom stereocenters. The van der Waals surface area contributed by atoms with E-state index < -0.39 is 11.7 Å². The van der Waals surface area contributed by atoms with E-state index in [0.717, 1.165) is 43.9 Å². The molecule has 0 aliphatic rings. The summed E-state index contributed by atoms with van der Waals surface area (Å²) in [6.07, 6.45) is 1.43. The van der Waals surface area contributed by atoms with Gasteiger partial charge in [0.25, 0.3) is 0 Å². The standard InChI is InChI=1S/C20H26F3N3O/c1-4-6-7-8-11-15-12-9-10-13-17(15)26(3)18-16(20(21,22)23)14-24-19(25-18)27-5-2/h9-10,12-14H,4-8,11H2,1-3H3. The fourth-order valence-electron chi connectivity index (χ4n) is 2.92. The van der Waals surface area contributed by atoms with Gasteiger partial charge in [-0.1, -0.05) is 44.4 Å². The summed E-state index contributed by atoms with van der Waals surface area (Å²) in [6.45, 7) is 4.16. The average Bonchev–Trinajstić information content (AvgIpc) is 2.64. The Labute approximate surface area is 158 Å². The molecule has 0 radical (unpaired) electrons. The Bertz CT molecular complexity index is 735. The molecule has 27 heavy (non-hydrogen) atoms. The molecule has 1 heterocycles. The molecule has 1 aromatic carbocycles. The Balaban J connectivity index is 2.39. The summed E-state index contributed by atoms with van der Waals surface area (Å²) in [4.78, 5) is 9.19. The van der Waals surface area contributed by atoms with Crippen molar-refractivity contribution < 1.29 is 17.9 Å². The van der Waals surface area contributed by atoms with Gasteiger partial charge < -0.3 is 9.64 Å². The van der Waals surface area contributed by atoms with E-state index in [2.05, 4.69) is 16.9 Å². The number of para-hydroxylation sites is 1. The Morgan fingerprint density at radius 3 is 2.48 bits per heavy atom. The fourth-order valence-corrected chi connectivity index (χ4v) is 2.92. The van der Waals surface area contributed by atoms with Crippen molar-refractivity contribution in [1.82, 2.24) is 9.97 Å². The largest absolute Gasteiger partial charge is 0.464 e. The molecule has 2 rings (SSSR count). The predicted octanol–water partition coefficient (Wildman–Crippen LogP) is 5.78. The van der Waals surface area contributed by atoms with Crippen LogP contribution < -0.4 is 9.64 Å². The summed E-state index contributed by atoms with van der Waals surface area (Å²) in [6, 6.07) is 7.43. The molecule has 0 aliphatic heterocycles. The molecule has 2 aromatic rings. The lowest BCUT2D eigenvalue weighted by atomic mass is 10.0. The van der Waals surface area contributed by atoms with Crippen LogP contribution >= 0.6 is 0 Å². The zero-order valence-corrected chi connectivity index (χ0v) is 16.0. The van der Waals surface area contributed by atoms with Crippen LogP contribution in [0, 0.1) is 0 Å². The Morgan fingerprint density at radius 1 is 1.07 bits per heavy atom. The van der Waals surface area contributed by atoms with Crippen molar-refractivity contribution in [2.45, 2.75) is 52.1 Å². The third-order valence-electron chi connectivity index (χ3n) is 4.30. The monoisotopic (exact) mass is 381 g/mol. The van der Waals surface area contributed by atoms with Gasteiger partial charge in [-0.2, -0.15) is 18.2 Å². The molecular weight excluding hydrogens is 355 g/mol. The highest BCUT2D eigenvalue weighted by Gasteiger charge is 2.37. The van der Waals surface area contributed by atoms with Gasteiger partial charge in [-0.05, 0) is 31.4 Å². The first kappa shape index (κ1) is 21.0. The van der Waals surface area contributed by atoms with Crippen LogP contribution in [0.15, 0.2) is 30.5 Å². The number of anilines is 2. The van der Waals surface area contributed by atoms with Gasteiger partial charge in [0.2, 0.25) is 0 Å². The molecule has 0 saturated carbocycles. The molecule has 148 valence electrons. The van der Waals surface area contributed by atoms with Crippen molar-refractivity contribution in [3.63, 3.8) is 0 Å². The van der Waals surface area contributed by atoms with Crippen LogP contribution in [-0.2, 0) is 12.6 Å². The highest BCUT2D eigenvalue weighted by Crippen LogP contribution is 2.38. The van der Waals surface area contributed by atoms with Crippen LogP contribution in [0.4, 0.5) is 24.7 Å². The maximum absolute atomic E-state index is 13.5. The fraction of sp³-hybridized carbons (Fsp3) is 0.500. The number of unbranched alkanes of at least 4 members (excludes halogenated alkanes) is 3.